The predicted molar refractivity (Wildman–Crippen MR) is 93.3 cm³/mol. The molecule has 0 saturated carbocycles. The Morgan fingerprint density at radius 2 is 2.16 bits per heavy atom. The normalized spacial score (nSPS) is 23.9. The highest BCUT2D eigenvalue weighted by Crippen LogP contribution is 2.29. The third-order valence-electron chi connectivity index (χ3n) is 4.22. The number of aliphatic hydroxyl groups excluding tert-OH is 1. The van der Waals surface area contributed by atoms with Crippen molar-refractivity contribution >= 4 is 16.1 Å². The van der Waals surface area contributed by atoms with Gasteiger partial charge in [0.2, 0.25) is 5.91 Å². The van der Waals surface area contributed by atoms with Crippen molar-refractivity contribution in [1.29, 1.82) is 0 Å². The van der Waals surface area contributed by atoms with Gasteiger partial charge in [-0.05, 0) is 38.0 Å². The van der Waals surface area contributed by atoms with Crippen molar-refractivity contribution in [3.05, 3.63) is 29.8 Å². The summed E-state index contributed by atoms with van der Waals surface area (Å²) in [6.45, 7) is 3.08. The fourth-order valence-electron chi connectivity index (χ4n) is 2.64. The van der Waals surface area contributed by atoms with Crippen LogP contribution in [0.1, 0.15) is 31.9 Å². The number of carbonyl (C=O) groups is 1. The van der Waals surface area contributed by atoms with Gasteiger partial charge in [0, 0.05) is 7.05 Å². The summed E-state index contributed by atoms with van der Waals surface area (Å²) in [5.74, 6) is 0.164. The van der Waals surface area contributed by atoms with E-state index in [2.05, 4.69) is 10.0 Å². The van der Waals surface area contributed by atoms with Crippen LogP contribution in [-0.4, -0.2) is 56.1 Å². The van der Waals surface area contributed by atoms with Gasteiger partial charge in [-0.15, -0.1) is 0 Å². The minimum atomic E-state index is -3.82. The second-order valence-electron chi connectivity index (χ2n) is 6.75. The number of nitrogens with one attached hydrogen (secondary N) is 2. The highest BCUT2D eigenvalue weighted by molar-refractivity contribution is 7.87. The standard InChI is InChI=1S/C16H25N3O5S/c1-16(2,10-20)17-15(21)14-9-13(18-25(22,23)19(14)3)11-6-5-7-12(8-11)24-4/h5-8,13-14,18,20H,9-10H2,1-4H3,(H,17,21)/t13-,14+/m0/s1. The first-order valence-electron chi connectivity index (χ1n) is 7.92. The molecular weight excluding hydrogens is 346 g/mol. The van der Waals surface area contributed by atoms with Crippen LogP contribution < -0.4 is 14.8 Å². The molecule has 0 bridgehead atoms. The van der Waals surface area contributed by atoms with Crippen molar-refractivity contribution in [3.63, 3.8) is 0 Å². The molecule has 0 aliphatic carbocycles. The van der Waals surface area contributed by atoms with E-state index in [1.165, 1.54) is 14.2 Å². The number of likely N-dealkylation sites (N-methyl/N-ethyl adjacent to an activating group) is 1. The molecule has 8 nitrogen and oxygen atoms in total. The summed E-state index contributed by atoms with van der Waals surface area (Å²) in [7, 11) is -0.921. The molecule has 1 saturated heterocycles. The molecule has 2 atom stereocenters. The number of hydrogen-bond acceptors (Lipinski definition) is 5. The summed E-state index contributed by atoms with van der Waals surface area (Å²) in [5, 5.41) is 12.0. The molecule has 25 heavy (non-hydrogen) atoms. The Bertz CT molecular complexity index is 735. The fourth-order valence-corrected chi connectivity index (χ4v) is 3.92. The van der Waals surface area contributed by atoms with E-state index in [1.807, 2.05) is 0 Å². The summed E-state index contributed by atoms with van der Waals surface area (Å²) >= 11 is 0. The monoisotopic (exact) mass is 371 g/mol. The maximum atomic E-state index is 12.6. The van der Waals surface area contributed by atoms with Gasteiger partial charge in [0.25, 0.3) is 10.2 Å². The van der Waals surface area contributed by atoms with Gasteiger partial charge < -0.3 is 15.2 Å². The van der Waals surface area contributed by atoms with E-state index in [4.69, 9.17) is 4.74 Å². The predicted octanol–water partition coefficient (Wildman–Crippen LogP) is 0.162. The molecule has 1 aliphatic heterocycles. The molecule has 0 aromatic heterocycles. The quantitative estimate of drug-likeness (QED) is 0.683. The number of ether oxygens (including phenoxy) is 1. The molecule has 9 heteroatoms. The number of hydrogen-bond donors (Lipinski definition) is 3. The smallest absolute Gasteiger partial charge is 0.280 e. The van der Waals surface area contributed by atoms with E-state index < -0.39 is 33.7 Å². The molecule has 3 N–H and O–H groups in total. The van der Waals surface area contributed by atoms with E-state index in [9.17, 15) is 18.3 Å². The van der Waals surface area contributed by atoms with Gasteiger partial charge in [0.05, 0.1) is 25.3 Å². The summed E-state index contributed by atoms with van der Waals surface area (Å²) in [6, 6.07) is 5.63. The zero-order valence-corrected chi connectivity index (χ0v) is 15.6. The lowest BCUT2D eigenvalue weighted by Gasteiger charge is -2.37. The Balaban J connectivity index is 2.29. The Kier molecular flexibility index (Phi) is 5.72. The number of rotatable bonds is 5. The topological polar surface area (TPSA) is 108 Å². The second-order valence-corrected chi connectivity index (χ2v) is 8.51. The lowest BCUT2D eigenvalue weighted by Crippen LogP contribution is -2.60. The third kappa shape index (κ3) is 4.49. The van der Waals surface area contributed by atoms with E-state index >= 15 is 0 Å². The van der Waals surface area contributed by atoms with Crippen LogP contribution in [0.5, 0.6) is 5.75 Å². The van der Waals surface area contributed by atoms with Crippen LogP contribution in [0.3, 0.4) is 0 Å². The van der Waals surface area contributed by atoms with Gasteiger partial charge in [0.15, 0.2) is 0 Å². The fraction of sp³-hybridized carbons (Fsp3) is 0.562. The van der Waals surface area contributed by atoms with Gasteiger partial charge in [0.1, 0.15) is 11.8 Å². The number of carbonyl (C=O) groups excluding carboxylic acids is 1. The highest BCUT2D eigenvalue weighted by atomic mass is 32.2. The zero-order valence-electron chi connectivity index (χ0n) is 14.8. The van der Waals surface area contributed by atoms with Crippen molar-refractivity contribution in [2.45, 2.75) is 37.9 Å². The average molecular weight is 371 g/mol. The molecule has 0 radical (unpaired) electrons. The van der Waals surface area contributed by atoms with Crippen molar-refractivity contribution in [2.75, 3.05) is 20.8 Å². The van der Waals surface area contributed by atoms with Gasteiger partial charge in [-0.25, -0.2) is 0 Å². The van der Waals surface area contributed by atoms with E-state index in [0.29, 0.717) is 5.75 Å². The van der Waals surface area contributed by atoms with Crippen LogP contribution in [0.2, 0.25) is 0 Å². The van der Waals surface area contributed by atoms with Crippen LogP contribution in [0.4, 0.5) is 0 Å². The van der Waals surface area contributed by atoms with Crippen molar-refractivity contribution in [1.82, 2.24) is 14.3 Å². The van der Waals surface area contributed by atoms with Gasteiger partial charge in [-0.1, -0.05) is 12.1 Å². The molecule has 0 spiro atoms. The summed E-state index contributed by atoms with van der Waals surface area (Å²) in [5.41, 5.74) is -0.117. The molecule has 1 aliphatic rings. The van der Waals surface area contributed by atoms with Crippen molar-refractivity contribution in [2.24, 2.45) is 0 Å². The Morgan fingerprint density at radius 3 is 2.76 bits per heavy atom. The largest absolute Gasteiger partial charge is 0.497 e. The number of methoxy groups -OCH3 is 1. The molecule has 1 heterocycles. The second kappa shape index (κ2) is 7.28. The van der Waals surface area contributed by atoms with Gasteiger partial charge >= 0.3 is 0 Å². The average Bonchev–Trinajstić information content (AvgIpc) is 2.56. The van der Waals surface area contributed by atoms with Crippen LogP contribution >= 0.6 is 0 Å². The lowest BCUT2D eigenvalue weighted by molar-refractivity contribution is -0.127. The number of aliphatic hydroxyl groups is 1. The Labute approximate surface area is 148 Å². The zero-order chi connectivity index (χ0) is 18.8. The van der Waals surface area contributed by atoms with E-state index in [0.717, 1.165) is 9.87 Å². The summed E-state index contributed by atoms with van der Waals surface area (Å²) in [6.07, 6.45) is 0.260. The van der Waals surface area contributed by atoms with Gasteiger partial charge in [-0.2, -0.15) is 17.4 Å². The molecular formula is C16H25N3O5S. The van der Waals surface area contributed by atoms with Crippen molar-refractivity contribution in [3.8, 4) is 5.75 Å². The minimum Gasteiger partial charge on any atom is -0.497 e. The SMILES string of the molecule is COc1cccc([C@@H]2C[C@H](C(=O)NC(C)(C)CO)N(C)S(=O)(=O)N2)c1. The summed E-state index contributed by atoms with van der Waals surface area (Å²) < 4.78 is 33.6. The Morgan fingerprint density at radius 1 is 1.48 bits per heavy atom. The number of amides is 1. The first kappa shape index (κ1) is 19.6. The minimum absolute atomic E-state index is 0.251. The van der Waals surface area contributed by atoms with E-state index in [1.54, 1.807) is 38.1 Å². The number of nitrogens with zero attached hydrogens (tertiary/aromatic N) is 1. The van der Waals surface area contributed by atoms with Crippen LogP contribution in [0.15, 0.2) is 24.3 Å². The summed E-state index contributed by atoms with van der Waals surface area (Å²) in [4.78, 5) is 12.6. The molecule has 140 valence electrons. The van der Waals surface area contributed by atoms with Crippen LogP contribution in [0.25, 0.3) is 0 Å². The third-order valence-corrected chi connectivity index (χ3v) is 5.82. The highest BCUT2D eigenvalue weighted by Gasteiger charge is 2.41. The van der Waals surface area contributed by atoms with Crippen molar-refractivity contribution < 1.29 is 23.1 Å². The van der Waals surface area contributed by atoms with Crippen LogP contribution in [-0.2, 0) is 15.0 Å². The Hall–Kier alpha value is -1.68. The first-order chi connectivity index (χ1) is 11.6. The first-order valence-corrected chi connectivity index (χ1v) is 9.36. The lowest BCUT2D eigenvalue weighted by atomic mass is 9.98. The molecule has 1 aromatic carbocycles. The molecule has 1 amide bonds. The maximum absolute atomic E-state index is 12.6. The van der Waals surface area contributed by atoms with E-state index in [-0.39, 0.29) is 13.0 Å². The molecule has 1 fully saturated rings. The number of benzene rings is 1. The van der Waals surface area contributed by atoms with Gasteiger partial charge in [-0.3, -0.25) is 4.79 Å². The maximum Gasteiger partial charge on any atom is 0.280 e. The molecule has 1 aromatic rings. The molecule has 2 rings (SSSR count). The molecule has 0 unspecified atom stereocenters. The van der Waals surface area contributed by atoms with Crippen LogP contribution in [0, 0.1) is 0 Å².